The van der Waals surface area contributed by atoms with Gasteiger partial charge >= 0.3 is 0 Å². The second-order valence-electron chi connectivity index (χ2n) is 5.66. The normalized spacial score (nSPS) is 11.3. The molecule has 0 atom stereocenters. The molecule has 4 nitrogen and oxygen atoms in total. The van der Waals surface area contributed by atoms with Crippen LogP contribution in [0.3, 0.4) is 0 Å². The van der Waals surface area contributed by atoms with Gasteiger partial charge in [-0.15, -0.1) is 0 Å². The van der Waals surface area contributed by atoms with E-state index in [0.717, 1.165) is 38.9 Å². The molecule has 24 heavy (non-hydrogen) atoms. The van der Waals surface area contributed by atoms with Crippen molar-refractivity contribution in [2.75, 3.05) is 0 Å². The zero-order valence-electron chi connectivity index (χ0n) is 12.8. The Bertz CT molecular complexity index is 1140. The smallest absolute Gasteiger partial charge is 0.176 e. The van der Waals surface area contributed by atoms with E-state index in [2.05, 4.69) is 26.8 Å². The first-order valence-corrected chi connectivity index (χ1v) is 7.78. The van der Waals surface area contributed by atoms with Crippen LogP contribution in [0.4, 0.5) is 0 Å². The molecule has 0 fully saturated rings. The number of hydrogen-bond acceptors (Lipinski definition) is 3. The number of benzene rings is 3. The Morgan fingerprint density at radius 3 is 2.33 bits per heavy atom. The molecule has 5 aromatic rings. The summed E-state index contributed by atoms with van der Waals surface area (Å²) < 4.78 is 7.70. The summed E-state index contributed by atoms with van der Waals surface area (Å²) in [5, 5.41) is 5.16. The van der Waals surface area contributed by atoms with Gasteiger partial charge in [-0.25, -0.2) is 4.98 Å². The molecular formula is C20H13N3O. The first kappa shape index (κ1) is 13.1. The van der Waals surface area contributed by atoms with Crippen molar-refractivity contribution >= 4 is 21.9 Å². The third-order valence-corrected chi connectivity index (χ3v) is 4.23. The second kappa shape index (κ2) is 5.06. The van der Waals surface area contributed by atoms with E-state index in [-0.39, 0.29) is 0 Å². The number of rotatable bonds is 2. The summed E-state index contributed by atoms with van der Waals surface area (Å²) in [6.45, 7) is 0. The zero-order valence-corrected chi connectivity index (χ0v) is 12.8. The van der Waals surface area contributed by atoms with Crippen LogP contribution in [-0.2, 0) is 0 Å². The monoisotopic (exact) mass is 311 g/mol. The van der Waals surface area contributed by atoms with Crippen LogP contribution in [0.1, 0.15) is 0 Å². The number of hydrogen-bond donors (Lipinski definition) is 0. The van der Waals surface area contributed by atoms with Crippen LogP contribution in [0.2, 0.25) is 0 Å². The Morgan fingerprint density at radius 2 is 1.54 bits per heavy atom. The van der Waals surface area contributed by atoms with Gasteiger partial charge in [-0.1, -0.05) is 53.7 Å². The number of imidazole rings is 1. The molecule has 4 heteroatoms. The van der Waals surface area contributed by atoms with E-state index in [0.29, 0.717) is 0 Å². The van der Waals surface area contributed by atoms with Gasteiger partial charge < -0.3 is 4.52 Å². The molecule has 0 amide bonds. The van der Waals surface area contributed by atoms with Gasteiger partial charge in [0.15, 0.2) is 5.76 Å². The highest BCUT2D eigenvalue weighted by Gasteiger charge is 2.17. The Balaban J connectivity index is 1.82. The van der Waals surface area contributed by atoms with E-state index < -0.39 is 0 Å². The molecule has 0 spiro atoms. The van der Waals surface area contributed by atoms with Crippen molar-refractivity contribution in [3.8, 4) is 17.0 Å². The fourth-order valence-corrected chi connectivity index (χ4v) is 3.09. The molecule has 0 saturated carbocycles. The van der Waals surface area contributed by atoms with E-state index in [1.54, 1.807) is 0 Å². The van der Waals surface area contributed by atoms with Gasteiger partial charge in [0.05, 0.1) is 10.9 Å². The highest BCUT2D eigenvalue weighted by atomic mass is 16.5. The van der Waals surface area contributed by atoms with Crippen LogP contribution < -0.4 is 0 Å². The molecule has 0 N–H and O–H groups in total. The van der Waals surface area contributed by atoms with Gasteiger partial charge in [-0.05, 0) is 24.3 Å². The lowest BCUT2D eigenvalue weighted by atomic mass is 10.1. The summed E-state index contributed by atoms with van der Waals surface area (Å²) >= 11 is 0. The fraction of sp³-hybridized carbons (Fsp3) is 0. The second-order valence-corrected chi connectivity index (χ2v) is 5.66. The maximum atomic E-state index is 5.62. The Morgan fingerprint density at radius 1 is 0.792 bits per heavy atom. The summed E-state index contributed by atoms with van der Waals surface area (Å²) in [4.78, 5) is 4.64. The first-order valence-electron chi connectivity index (χ1n) is 7.78. The molecule has 3 aromatic carbocycles. The minimum absolute atomic E-state index is 0.759. The topological polar surface area (TPSA) is 43.9 Å². The van der Waals surface area contributed by atoms with Crippen molar-refractivity contribution in [1.29, 1.82) is 0 Å². The molecule has 2 aromatic heterocycles. The SMILES string of the molecule is c1ccc(-c2onc3ccc4c(ncn4-c4ccccc4)c23)cc1. The van der Waals surface area contributed by atoms with Crippen molar-refractivity contribution in [1.82, 2.24) is 14.7 Å². The Hall–Kier alpha value is -3.40. The largest absolute Gasteiger partial charge is 0.355 e. The van der Waals surface area contributed by atoms with Crippen LogP contribution in [0.25, 0.3) is 38.9 Å². The average molecular weight is 311 g/mol. The number of aromatic nitrogens is 3. The number of nitrogens with zero attached hydrogens (tertiary/aromatic N) is 3. The van der Waals surface area contributed by atoms with E-state index >= 15 is 0 Å². The molecule has 0 bridgehead atoms. The Labute approximate surface area is 138 Å². The summed E-state index contributed by atoms with van der Waals surface area (Å²) in [5.74, 6) is 0.759. The third kappa shape index (κ3) is 1.86. The molecule has 114 valence electrons. The number of fused-ring (bicyclic) bond motifs is 3. The van der Waals surface area contributed by atoms with Crippen LogP contribution in [-0.4, -0.2) is 14.7 Å². The van der Waals surface area contributed by atoms with E-state index in [1.807, 2.05) is 67.0 Å². The maximum Gasteiger partial charge on any atom is 0.176 e. The lowest BCUT2D eigenvalue weighted by molar-refractivity contribution is 0.441. The van der Waals surface area contributed by atoms with E-state index in [9.17, 15) is 0 Å². The molecule has 0 aliphatic heterocycles. The van der Waals surface area contributed by atoms with E-state index in [4.69, 9.17) is 4.52 Å². The highest BCUT2D eigenvalue weighted by Crippen LogP contribution is 2.34. The molecule has 0 aliphatic rings. The highest BCUT2D eigenvalue weighted by molar-refractivity contribution is 6.09. The quantitative estimate of drug-likeness (QED) is 0.469. The van der Waals surface area contributed by atoms with Gasteiger partial charge in [0.2, 0.25) is 0 Å². The minimum Gasteiger partial charge on any atom is -0.355 e. The maximum absolute atomic E-state index is 5.62. The molecule has 0 saturated heterocycles. The van der Waals surface area contributed by atoms with E-state index in [1.165, 1.54) is 0 Å². The summed E-state index contributed by atoms with van der Waals surface area (Å²) in [7, 11) is 0. The lowest BCUT2D eigenvalue weighted by Gasteiger charge is -2.03. The van der Waals surface area contributed by atoms with Gasteiger partial charge in [0.25, 0.3) is 0 Å². The van der Waals surface area contributed by atoms with Crippen LogP contribution in [0.5, 0.6) is 0 Å². The molecule has 0 unspecified atom stereocenters. The van der Waals surface area contributed by atoms with Gasteiger partial charge in [0, 0.05) is 11.3 Å². The van der Waals surface area contributed by atoms with Crippen molar-refractivity contribution in [3.05, 3.63) is 79.1 Å². The lowest BCUT2D eigenvalue weighted by Crippen LogP contribution is -1.90. The molecule has 2 heterocycles. The number of para-hydroxylation sites is 1. The van der Waals surface area contributed by atoms with Crippen molar-refractivity contribution in [2.45, 2.75) is 0 Å². The predicted molar refractivity (Wildman–Crippen MR) is 94.1 cm³/mol. The zero-order chi connectivity index (χ0) is 15.9. The third-order valence-electron chi connectivity index (χ3n) is 4.23. The first-order chi connectivity index (χ1) is 11.9. The average Bonchev–Trinajstić information content (AvgIpc) is 3.27. The molecular weight excluding hydrogens is 298 g/mol. The standard InChI is InChI=1S/C20H13N3O/c1-3-7-14(8-4-1)20-18-16(22-24-20)11-12-17-19(18)21-13-23(17)15-9-5-2-6-10-15/h1-13H. The van der Waals surface area contributed by atoms with Crippen molar-refractivity contribution in [2.24, 2.45) is 0 Å². The van der Waals surface area contributed by atoms with Crippen LogP contribution in [0, 0.1) is 0 Å². The predicted octanol–water partition coefficient (Wildman–Crippen LogP) is 4.83. The fourth-order valence-electron chi connectivity index (χ4n) is 3.09. The van der Waals surface area contributed by atoms with Gasteiger partial charge in [0.1, 0.15) is 17.4 Å². The van der Waals surface area contributed by atoms with Crippen molar-refractivity contribution < 1.29 is 4.52 Å². The molecule has 5 rings (SSSR count). The van der Waals surface area contributed by atoms with Gasteiger partial charge in [-0.2, -0.15) is 0 Å². The Kier molecular flexibility index (Phi) is 2.76. The minimum atomic E-state index is 0.759. The molecule has 0 aliphatic carbocycles. The molecule has 0 radical (unpaired) electrons. The summed E-state index contributed by atoms with van der Waals surface area (Å²) in [6, 6.07) is 24.2. The summed E-state index contributed by atoms with van der Waals surface area (Å²) in [5.41, 5.74) is 4.84. The van der Waals surface area contributed by atoms with Crippen molar-refractivity contribution in [3.63, 3.8) is 0 Å². The van der Waals surface area contributed by atoms with Crippen LogP contribution in [0.15, 0.2) is 83.6 Å². The van der Waals surface area contributed by atoms with Crippen LogP contribution >= 0.6 is 0 Å². The summed E-state index contributed by atoms with van der Waals surface area (Å²) in [6.07, 6.45) is 1.85. The van der Waals surface area contributed by atoms with Gasteiger partial charge in [-0.3, -0.25) is 4.57 Å².